The molecule has 1 aliphatic heterocycles. The van der Waals surface area contributed by atoms with Gasteiger partial charge in [0.05, 0.1) is 11.6 Å². The molecule has 6 heteroatoms. The van der Waals surface area contributed by atoms with Crippen LogP contribution in [-0.2, 0) is 4.79 Å². The Labute approximate surface area is 215 Å². The first-order valence-corrected chi connectivity index (χ1v) is 12.5. The molecular formula is C31H29NO5. The Morgan fingerprint density at radius 1 is 0.838 bits per heavy atom. The fourth-order valence-electron chi connectivity index (χ4n) is 5.75. The third kappa shape index (κ3) is 4.31. The van der Waals surface area contributed by atoms with Gasteiger partial charge in [0.1, 0.15) is 5.60 Å². The topological polar surface area (TPSA) is 101 Å². The summed E-state index contributed by atoms with van der Waals surface area (Å²) in [6.07, 6.45) is -0.218. The van der Waals surface area contributed by atoms with Crippen molar-refractivity contribution < 1.29 is 24.3 Å². The van der Waals surface area contributed by atoms with Gasteiger partial charge in [-0.25, -0.2) is 0 Å². The van der Waals surface area contributed by atoms with E-state index in [-0.39, 0.29) is 37.4 Å². The molecule has 0 unspecified atom stereocenters. The van der Waals surface area contributed by atoms with Crippen molar-refractivity contribution >= 4 is 28.9 Å². The first kappa shape index (κ1) is 24.8. The number of benzene rings is 3. The van der Waals surface area contributed by atoms with Crippen molar-refractivity contribution in [1.29, 1.82) is 0 Å². The van der Waals surface area contributed by atoms with Crippen LogP contribution in [0.5, 0.6) is 0 Å². The molecule has 37 heavy (non-hydrogen) atoms. The maximum atomic E-state index is 13.9. The van der Waals surface area contributed by atoms with E-state index >= 15 is 0 Å². The number of carbonyl (C=O) groups excluding carboxylic acids is 4. The lowest BCUT2D eigenvalue weighted by atomic mass is 9.57. The lowest BCUT2D eigenvalue weighted by Crippen LogP contribution is -2.56. The molecule has 0 radical (unpaired) electrons. The summed E-state index contributed by atoms with van der Waals surface area (Å²) in [6, 6.07) is 20.6. The molecule has 3 aromatic carbocycles. The van der Waals surface area contributed by atoms with Gasteiger partial charge >= 0.3 is 0 Å². The number of anilines is 1. The highest BCUT2D eigenvalue weighted by atomic mass is 16.3. The van der Waals surface area contributed by atoms with Crippen molar-refractivity contribution in [3.05, 3.63) is 101 Å². The molecule has 0 saturated heterocycles. The van der Waals surface area contributed by atoms with Gasteiger partial charge in [-0.05, 0) is 45.2 Å². The van der Waals surface area contributed by atoms with E-state index in [0.717, 1.165) is 11.1 Å². The zero-order valence-corrected chi connectivity index (χ0v) is 20.9. The molecule has 1 spiro atoms. The SMILES string of the molecule is Cc1ccc(C(=O)[C@H]2C[C@@]3(CC[C@]2(O)C(=O)c2ccc(C)cc2)CC(=O)Nc2ccccc2C3=O)cc1. The molecule has 3 atom stereocenters. The van der Waals surface area contributed by atoms with E-state index in [4.69, 9.17) is 0 Å². The van der Waals surface area contributed by atoms with Crippen LogP contribution in [0.3, 0.4) is 0 Å². The number of para-hydroxylation sites is 1. The van der Waals surface area contributed by atoms with Crippen LogP contribution in [0.15, 0.2) is 72.8 Å². The van der Waals surface area contributed by atoms with Crippen molar-refractivity contribution in [3.8, 4) is 0 Å². The number of aryl methyl sites for hydroxylation is 2. The van der Waals surface area contributed by atoms with Crippen molar-refractivity contribution in [2.75, 3.05) is 5.32 Å². The molecular weight excluding hydrogens is 466 g/mol. The number of hydrogen-bond donors (Lipinski definition) is 2. The largest absolute Gasteiger partial charge is 0.381 e. The Bertz CT molecular complexity index is 1410. The molecule has 1 heterocycles. The highest BCUT2D eigenvalue weighted by Crippen LogP contribution is 2.52. The summed E-state index contributed by atoms with van der Waals surface area (Å²) in [5, 5.41) is 14.8. The number of aliphatic hydroxyl groups is 1. The van der Waals surface area contributed by atoms with Crippen molar-refractivity contribution in [2.45, 2.75) is 45.1 Å². The summed E-state index contributed by atoms with van der Waals surface area (Å²) in [5.41, 5.74) is 0.196. The van der Waals surface area contributed by atoms with Crippen molar-refractivity contribution in [3.63, 3.8) is 0 Å². The van der Waals surface area contributed by atoms with Gasteiger partial charge in [0, 0.05) is 28.5 Å². The zero-order chi connectivity index (χ0) is 26.4. The predicted molar refractivity (Wildman–Crippen MR) is 140 cm³/mol. The van der Waals surface area contributed by atoms with Gasteiger partial charge in [-0.2, -0.15) is 0 Å². The summed E-state index contributed by atoms with van der Waals surface area (Å²) in [6.45, 7) is 3.80. The maximum absolute atomic E-state index is 13.9. The molecule has 1 fully saturated rings. The van der Waals surface area contributed by atoms with E-state index in [2.05, 4.69) is 5.32 Å². The summed E-state index contributed by atoms with van der Waals surface area (Å²) >= 11 is 0. The maximum Gasteiger partial charge on any atom is 0.225 e. The normalized spacial score (nSPS) is 25.2. The highest BCUT2D eigenvalue weighted by Gasteiger charge is 2.58. The Kier molecular flexibility index (Phi) is 6.16. The van der Waals surface area contributed by atoms with Crippen LogP contribution in [0.25, 0.3) is 0 Å². The van der Waals surface area contributed by atoms with Gasteiger partial charge in [-0.15, -0.1) is 0 Å². The smallest absolute Gasteiger partial charge is 0.225 e. The molecule has 0 aromatic heterocycles. The van der Waals surface area contributed by atoms with E-state index in [9.17, 15) is 24.3 Å². The van der Waals surface area contributed by atoms with Crippen LogP contribution in [-0.4, -0.2) is 34.0 Å². The summed E-state index contributed by atoms with van der Waals surface area (Å²) in [7, 11) is 0. The van der Waals surface area contributed by atoms with Crippen LogP contribution in [0.2, 0.25) is 0 Å². The quantitative estimate of drug-likeness (QED) is 0.490. The lowest BCUT2D eigenvalue weighted by molar-refractivity contribution is -0.119. The molecule has 1 saturated carbocycles. The van der Waals surface area contributed by atoms with E-state index in [0.29, 0.717) is 22.4 Å². The van der Waals surface area contributed by atoms with E-state index < -0.39 is 28.5 Å². The molecule has 6 nitrogen and oxygen atoms in total. The zero-order valence-electron chi connectivity index (χ0n) is 20.9. The van der Waals surface area contributed by atoms with Gasteiger partial charge in [0.2, 0.25) is 5.91 Å². The second-order valence-electron chi connectivity index (χ2n) is 10.5. The highest BCUT2D eigenvalue weighted by molar-refractivity contribution is 6.14. The third-order valence-electron chi connectivity index (χ3n) is 7.94. The third-order valence-corrected chi connectivity index (χ3v) is 7.94. The van der Waals surface area contributed by atoms with E-state index in [1.54, 1.807) is 72.8 Å². The molecule has 3 aromatic rings. The van der Waals surface area contributed by atoms with Gasteiger partial charge in [0.25, 0.3) is 0 Å². The average Bonchev–Trinajstić information content (AvgIpc) is 2.99. The van der Waals surface area contributed by atoms with E-state index in [1.807, 2.05) is 13.8 Å². The Morgan fingerprint density at radius 3 is 2.08 bits per heavy atom. The minimum Gasteiger partial charge on any atom is -0.381 e. The van der Waals surface area contributed by atoms with Crippen LogP contribution >= 0.6 is 0 Å². The number of amides is 1. The fourth-order valence-corrected chi connectivity index (χ4v) is 5.75. The van der Waals surface area contributed by atoms with Crippen molar-refractivity contribution in [1.82, 2.24) is 0 Å². The monoisotopic (exact) mass is 495 g/mol. The van der Waals surface area contributed by atoms with E-state index in [1.165, 1.54) is 0 Å². The van der Waals surface area contributed by atoms with Crippen molar-refractivity contribution in [2.24, 2.45) is 11.3 Å². The molecule has 0 bridgehead atoms. The van der Waals surface area contributed by atoms with Gasteiger partial charge in [-0.1, -0.05) is 71.8 Å². The average molecular weight is 496 g/mol. The first-order chi connectivity index (χ1) is 17.6. The van der Waals surface area contributed by atoms with Gasteiger partial charge in [0.15, 0.2) is 17.3 Å². The van der Waals surface area contributed by atoms with Crippen LogP contribution in [0.4, 0.5) is 5.69 Å². The summed E-state index contributed by atoms with van der Waals surface area (Å²) < 4.78 is 0. The van der Waals surface area contributed by atoms with Crippen LogP contribution < -0.4 is 5.32 Å². The summed E-state index contributed by atoms with van der Waals surface area (Å²) in [5.74, 6) is -2.71. The standard InChI is InChI=1S/C31H29NO5/c1-19-7-11-21(12-8-19)27(34)24-17-30(18-26(33)32-25-6-4-3-5-23(25)29(30)36)15-16-31(24,37)28(35)22-13-9-20(2)10-14-22/h3-14,24,37H,15-18H2,1-2H3,(H,32,33)/t24-,30+,31-/m1/s1. The predicted octanol–water partition coefficient (Wildman–Crippen LogP) is 5.11. The molecule has 5 rings (SSSR count). The lowest BCUT2D eigenvalue weighted by Gasteiger charge is -2.46. The van der Waals surface area contributed by atoms with Gasteiger partial charge < -0.3 is 10.4 Å². The Hall–Kier alpha value is -3.90. The second kappa shape index (κ2) is 9.20. The van der Waals surface area contributed by atoms with Crippen LogP contribution in [0.1, 0.15) is 67.9 Å². The van der Waals surface area contributed by atoms with Gasteiger partial charge in [-0.3, -0.25) is 19.2 Å². The first-order valence-electron chi connectivity index (χ1n) is 12.5. The number of carbonyl (C=O) groups is 4. The number of nitrogens with one attached hydrogen (secondary N) is 1. The minimum atomic E-state index is -2.01. The number of ketones is 3. The van der Waals surface area contributed by atoms with Crippen LogP contribution in [0, 0.1) is 25.2 Å². The Balaban J connectivity index is 1.60. The molecule has 2 N–H and O–H groups in total. The Morgan fingerprint density at radius 2 is 1.43 bits per heavy atom. The molecule has 2 aliphatic rings. The number of rotatable bonds is 4. The summed E-state index contributed by atoms with van der Waals surface area (Å²) in [4.78, 5) is 54.5. The molecule has 188 valence electrons. The number of Topliss-reactive ketones (excluding diaryl/α,β-unsaturated/α-hetero) is 3. The minimum absolute atomic E-state index is 0.103. The number of hydrogen-bond acceptors (Lipinski definition) is 5. The molecule has 1 amide bonds. The second-order valence-corrected chi connectivity index (χ2v) is 10.5. The fraction of sp³-hybridized carbons (Fsp3) is 0.290. The number of fused-ring (bicyclic) bond motifs is 1. The molecule has 1 aliphatic carbocycles.